The minimum absolute atomic E-state index is 0.0194. The van der Waals surface area contributed by atoms with Gasteiger partial charge >= 0.3 is 12.1 Å². The zero-order valence-corrected chi connectivity index (χ0v) is 20.6. The summed E-state index contributed by atoms with van der Waals surface area (Å²) < 4.78 is 75.1. The predicted molar refractivity (Wildman–Crippen MR) is 132 cm³/mol. The molecule has 0 bridgehead atoms. The molecular weight excluding hydrogens is 507 g/mol. The number of benzene rings is 3. The Labute approximate surface area is 213 Å². The SMILES string of the molecule is O=C(O)c1ccc(COc2cc(C(F)(F)F)ccc2N(CC2CCCC2)S(=O)(=O)c2ccccc2)cc1. The number of carboxylic acid groups (broad SMARTS) is 1. The molecular formula is C27H26F3NO5S. The average molecular weight is 534 g/mol. The van der Waals surface area contributed by atoms with Crippen LogP contribution in [0.2, 0.25) is 0 Å². The van der Waals surface area contributed by atoms with Crippen molar-refractivity contribution in [2.24, 2.45) is 5.92 Å². The molecule has 3 aromatic rings. The van der Waals surface area contributed by atoms with Crippen LogP contribution in [0, 0.1) is 5.92 Å². The van der Waals surface area contributed by atoms with E-state index in [9.17, 15) is 26.4 Å². The summed E-state index contributed by atoms with van der Waals surface area (Å²) in [5.74, 6) is -1.27. The Kier molecular flexibility index (Phi) is 7.77. The molecule has 0 amide bonds. The normalized spacial score (nSPS) is 14.5. The van der Waals surface area contributed by atoms with Crippen LogP contribution in [0.1, 0.15) is 47.2 Å². The van der Waals surface area contributed by atoms with Gasteiger partial charge in [-0.1, -0.05) is 43.2 Å². The van der Waals surface area contributed by atoms with Crippen LogP contribution in [-0.2, 0) is 22.8 Å². The van der Waals surface area contributed by atoms with E-state index in [1.165, 1.54) is 36.4 Å². The maximum absolute atomic E-state index is 13.7. The largest absolute Gasteiger partial charge is 0.487 e. The molecule has 0 saturated heterocycles. The summed E-state index contributed by atoms with van der Waals surface area (Å²) in [6.07, 6.45) is -1.07. The van der Waals surface area contributed by atoms with E-state index in [4.69, 9.17) is 9.84 Å². The fourth-order valence-corrected chi connectivity index (χ4v) is 5.96. The third-order valence-corrected chi connectivity index (χ3v) is 8.17. The summed E-state index contributed by atoms with van der Waals surface area (Å²) in [5.41, 5.74) is -0.377. The first-order valence-electron chi connectivity index (χ1n) is 11.8. The van der Waals surface area contributed by atoms with Crippen LogP contribution in [0.3, 0.4) is 0 Å². The van der Waals surface area contributed by atoms with Gasteiger partial charge < -0.3 is 9.84 Å². The number of nitrogens with zero attached hydrogens (tertiary/aromatic N) is 1. The van der Waals surface area contributed by atoms with Crippen molar-refractivity contribution in [1.29, 1.82) is 0 Å². The number of ether oxygens (including phenoxy) is 1. The smallest absolute Gasteiger partial charge is 0.416 e. The van der Waals surface area contributed by atoms with Crippen LogP contribution >= 0.6 is 0 Å². The standard InChI is InChI=1S/C27H26F3NO5S/c28-27(29,30)22-14-15-24(25(16-22)36-18-20-10-12-21(13-11-20)26(32)33)31(17-19-6-4-5-7-19)37(34,35)23-8-2-1-3-9-23/h1-3,8-16,19H,4-7,17-18H2,(H,32,33). The van der Waals surface area contributed by atoms with Crippen molar-refractivity contribution in [3.05, 3.63) is 89.5 Å². The highest BCUT2D eigenvalue weighted by Crippen LogP contribution is 2.40. The highest BCUT2D eigenvalue weighted by atomic mass is 32.2. The lowest BCUT2D eigenvalue weighted by atomic mass is 10.1. The first-order valence-corrected chi connectivity index (χ1v) is 13.2. The lowest BCUT2D eigenvalue weighted by Gasteiger charge is -2.29. The Morgan fingerprint density at radius 1 is 0.973 bits per heavy atom. The summed E-state index contributed by atoms with van der Waals surface area (Å²) in [6, 6.07) is 16.3. The number of aromatic carboxylic acids is 1. The van der Waals surface area contributed by atoms with E-state index in [1.54, 1.807) is 18.2 Å². The maximum Gasteiger partial charge on any atom is 0.416 e. The average Bonchev–Trinajstić information content (AvgIpc) is 3.39. The maximum atomic E-state index is 13.7. The van der Waals surface area contributed by atoms with Gasteiger partial charge in [-0.05, 0) is 66.8 Å². The third kappa shape index (κ3) is 6.25. The van der Waals surface area contributed by atoms with Gasteiger partial charge in [-0.25, -0.2) is 13.2 Å². The summed E-state index contributed by atoms with van der Waals surface area (Å²) in [6.45, 7) is -0.0663. The van der Waals surface area contributed by atoms with Crippen molar-refractivity contribution >= 4 is 21.7 Å². The third-order valence-electron chi connectivity index (χ3n) is 6.38. The second-order valence-electron chi connectivity index (χ2n) is 8.97. The molecule has 0 radical (unpaired) electrons. The number of alkyl halides is 3. The second-order valence-corrected chi connectivity index (χ2v) is 10.8. The molecule has 1 aliphatic carbocycles. The monoisotopic (exact) mass is 533 g/mol. The molecule has 1 N–H and O–H groups in total. The number of anilines is 1. The fourth-order valence-electron chi connectivity index (χ4n) is 4.39. The number of hydrogen-bond donors (Lipinski definition) is 1. The first-order chi connectivity index (χ1) is 17.6. The minimum atomic E-state index is -4.66. The van der Waals surface area contributed by atoms with Gasteiger partial charge in [0.1, 0.15) is 12.4 Å². The number of halogens is 3. The highest BCUT2D eigenvalue weighted by molar-refractivity contribution is 7.92. The molecule has 0 spiro atoms. The van der Waals surface area contributed by atoms with E-state index in [1.807, 2.05) is 0 Å². The summed E-state index contributed by atoms with van der Waals surface area (Å²) in [4.78, 5) is 11.1. The van der Waals surface area contributed by atoms with Crippen molar-refractivity contribution in [1.82, 2.24) is 0 Å². The van der Waals surface area contributed by atoms with Gasteiger partial charge in [0, 0.05) is 6.54 Å². The second kappa shape index (κ2) is 10.8. The molecule has 0 heterocycles. The van der Waals surface area contributed by atoms with E-state index >= 15 is 0 Å². The van der Waals surface area contributed by atoms with Crippen molar-refractivity contribution in [2.75, 3.05) is 10.8 Å². The predicted octanol–water partition coefficient (Wildman–Crippen LogP) is 6.37. The van der Waals surface area contributed by atoms with Gasteiger partial charge in [0.05, 0.1) is 21.7 Å². The van der Waals surface area contributed by atoms with Crippen LogP contribution in [0.15, 0.2) is 77.7 Å². The Bertz CT molecular complexity index is 1340. The number of sulfonamides is 1. The number of carbonyl (C=O) groups is 1. The molecule has 0 aromatic heterocycles. The molecule has 0 unspecified atom stereocenters. The van der Waals surface area contributed by atoms with E-state index in [-0.39, 0.29) is 41.0 Å². The van der Waals surface area contributed by atoms with Gasteiger partial charge in [0.25, 0.3) is 10.0 Å². The molecule has 3 aromatic carbocycles. The summed E-state index contributed by atoms with van der Waals surface area (Å²) >= 11 is 0. The Morgan fingerprint density at radius 3 is 2.22 bits per heavy atom. The van der Waals surface area contributed by atoms with Gasteiger partial charge in [-0.3, -0.25) is 4.31 Å². The van der Waals surface area contributed by atoms with Gasteiger partial charge in [-0.2, -0.15) is 13.2 Å². The molecule has 4 rings (SSSR count). The van der Waals surface area contributed by atoms with Gasteiger partial charge in [-0.15, -0.1) is 0 Å². The molecule has 10 heteroatoms. The molecule has 37 heavy (non-hydrogen) atoms. The van der Waals surface area contributed by atoms with E-state index in [2.05, 4.69) is 0 Å². The summed E-state index contributed by atoms with van der Waals surface area (Å²) in [7, 11) is -4.10. The van der Waals surface area contributed by atoms with E-state index in [0.717, 1.165) is 48.2 Å². The molecule has 0 aliphatic heterocycles. The van der Waals surface area contributed by atoms with Crippen molar-refractivity contribution in [3.8, 4) is 5.75 Å². The Hall–Kier alpha value is -3.53. The van der Waals surface area contributed by atoms with Crippen molar-refractivity contribution in [3.63, 3.8) is 0 Å². The molecule has 1 aliphatic rings. The molecule has 1 fully saturated rings. The molecule has 196 valence electrons. The van der Waals surface area contributed by atoms with Crippen LogP contribution in [-0.4, -0.2) is 26.0 Å². The topological polar surface area (TPSA) is 83.9 Å². The van der Waals surface area contributed by atoms with E-state index < -0.39 is 27.7 Å². The summed E-state index contributed by atoms with van der Waals surface area (Å²) in [5, 5.41) is 9.07. The lowest BCUT2D eigenvalue weighted by molar-refractivity contribution is -0.137. The zero-order valence-electron chi connectivity index (χ0n) is 19.8. The Morgan fingerprint density at radius 2 is 1.62 bits per heavy atom. The quantitative estimate of drug-likeness (QED) is 0.346. The fraction of sp³-hybridized carbons (Fsp3) is 0.296. The van der Waals surface area contributed by atoms with E-state index in [0.29, 0.717) is 5.56 Å². The van der Waals surface area contributed by atoms with Crippen molar-refractivity contribution < 1.29 is 36.2 Å². The number of rotatable bonds is 9. The first kappa shape index (κ1) is 26.5. The van der Waals surface area contributed by atoms with Crippen LogP contribution in [0.25, 0.3) is 0 Å². The van der Waals surface area contributed by atoms with Crippen LogP contribution in [0.4, 0.5) is 18.9 Å². The van der Waals surface area contributed by atoms with Gasteiger partial charge in [0.15, 0.2) is 0 Å². The molecule has 0 atom stereocenters. The zero-order chi connectivity index (χ0) is 26.6. The number of hydrogen-bond acceptors (Lipinski definition) is 4. The Balaban J connectivity index is 1.75. The van der Waals surface area contributed by atoms with Gasteiger partial charge in [0.2, 0.25) is 0 Å². The highest BCUT2D eigenvalue weighted by Gasteiger charge is 2.35. The molecule has 1 saturated carbocycles. The van der Waals surface area contributed by atoms with Crippen LogP contribution < -0.4 is 9.04 Å². The number of carboxylic acids is 1. The lowest BCUT2D eigenvalue weighted by Crippen LogP contribution is -2.35. The minimum Gasteiger partial charge on any atom is -0.487 e. The van der Waals surface area contributed by atoms with Crippen molar-refractivity contribution in [2.45, 2.75) is 43.4 Å². The van der Waals surface area contributed by atoms with Crippen LogP contribution in [0.5, 0.6) is 5.75 Å². The molecule has 6 nitrogen and oxygen atoms in total.